The molecular weight excluding hydrogens is 182 g/mol. The SMILES string of the molecule is Cc1cn(C2CCN(C)C2)c(=S)[nH]1. The minimum Gasteiger partial charge on any atom is -0.335 e. The fourth-order valence-corrected chi connectivity index (χ4v) is 2.31. The molecule has 3 nitrogen and oxygen atoms in total. The van der Waals surface area contributed by atoms with Crippen LogP contribution in [0.3, 0.4) is 0 Å². The van der Waals surface area contributed by atoms with Crippen LogP contribution in [0.25, 0.3) is 0 Å². The standard InChI is InChI=1S/C9H15N3S/c1-7-5-12(9(13)10-7)8-3-4-11(2)6-8/h5,8H,3-4,6H2,1-2H3,(H,10,13). The zero-order valence-corrected chi connectivity index (χ0v) is 8.90. The number of rotatable bonds is 1. The quantitative estimate of drug-likeness (QED) is 0.693. The maximum Gasteiger partial charge on any atom is 0.177 e. The second-order valence-corrected chi connectivity index (χ2v) is 4.24. The average Bonchev–Trinajstić information content (AvgIpc) is 2.58. The first-order valence-electron chi connectivity index (χ1n) is 4.63. The van der Waals surface area contributed by atoms with E-state index in [1.165, 1.54) is 13.0 Å². The molecule has 1 aromatic heterocycles. The normalized spacial score (nSPS) is 24.0. The van der Waals surface area contributed by atoms with Crippen LogP contribution in [0.2, 0.25) is 0 Å². The summed E-state index contributed by atoms with van der Waals surface area (Å²) in [5.74, 6) is 0. The summed E-state index contributed by atoms with van der Waals surface area (Å²) in [6, 6.07) is 0.572. The van der Waals surface area contributed by atoms with E-state index < -0.39 is 0 Å². The Kier molecular flexibility index (Phi) is 2.26. The van der Waals surface area contributed by atoms with Crippen molar-refractivity contribution in [2.75, 3.05) is 20.1 Å². The number of nitrogens with one attached hydrogen (secondary N) is 1. The summed E-state index contributed by atoms with van der Waals surface area (Å²) in [5, 5.41) is 0. The maximum absolute atomic E-state index is 5.24. The van der Waals surface area contributed by atoms with Gasteiger partial charge in [-0.2, -0.15) is 0 Å². The van der Waals surface area contributed by atoms with Crippen molar-refractivity contribution in [1.29, 1.82) is 0 Å². The fourth-order valence-electron chi connectivity index (χ4n) is 1.94. The Labute approximate surface area is 83.4 Å². The van der Waals surface area contributed by atoms with E-state index in [9.17, 15) is 0 Å². The van der Waals surface area contributed by atoms with Crippen LogP contribution in [-0.2, 0) is 0 Å². The molecule has 2 heterocycles. The van der Waals surface area contributed by atoms with Gasteiger partial charge in [0.2, 0.25) is 0 Å². The van der Waals surface area contributed by atoms with E-state index in [1.54, 1.807) is 0 Å². The molecule has 4 heteroatoms. The number of hydrogen-bond acceptors (Lipinski definition) is 2. The molecule has 0 aromatic carbocycles. The smallest absolute Gasteiger partial charge is 0.177 e. The van der Waals surface area contributed by atoms with Crippen molar-refractivity contribution >= 4 is 12.2 Å². The molecule has 1 aliphatic rings. The van der Waals surface area contributed by atoms with Crippen LogP contribution >= 0.6 is 12.2 Å². The summed E-state index contributed by atoms with van der Waals surface area (Å²) < 4.78 is 3.05. The lowest BCUT2D eigenvalue weighted by atomic mass is 10.2. The molecule has 0 radical (unpaired) electrons. The van der Waals surface area contributed by atoms with E-state index in [-0.39, 0.29) is 0 Å². The number of hydrogen-bond donors (Lipinski definition) is 1. The van der Waals surface area contributed by atoms with Gasteiger partial charge >= 0.3 is 0 Å². The molecule has 1 N–H and O–H groups in total. The molecule has 0 aliphatic carbocycles. The van der Waals surface area contributed by atoms with Crippen molar-refractivity contribution in [3.8, 4) is 0 Å². The zero-order chi connectivity index (χ0) is 9.42. The van der Waals surface area contributed by atoms with Gasteiger partial charge in [0.15, 0.2) is 4.77 Å². The van der Waals surface area contributed by atoms with E-state index in [0.717, 1.165) is 17.0 Å². The predicted molar refractivity (Wildman–Crippen MR) is 55.5 cm³/mol. The second kappa shape index (κ2) is 3.27. The second-order valence-electron chi connectivity index (χ2n) is 3.85. The Morgan fingerprint density at radius 2 is 2.38 bits per heavy atom. The van der Waals surface area contributed by atoms with E-state index in [2.05, 4.69) is 27.7 Å². The van der Waals surface area contributed by atoms with E-state index in [4.69, 9.17) is 12.2 Å². The summed E-state index contributed by atoms with van der Waals surface area (Å²) in [5.41, 5.74) is 1.15. The third-order valence-corrected chi connectivity index (χ3v) is 2.94. The van der Waals surface area contributed by atoms with Gasteiger partial charge < -0.3 is 14.5 Å². The van der Waals surface area contributed by atoms with Crippen molar-refractivity contribution in [2.24, 2.45) is 0 Å². The number of likely N-dealkylation sites (N-methyl/N-ethyl adjacent to an activating group) is 1. The van der Waals surface area contributed by atoms with Gasteiger partial charge in [-0.05, 0) is 39.2 Å². The van der Waals surface area contributed by atoms with Gasteiger partial charge in [-0.3, -0.25) is 0 Å². The van der Waals surface area contributed by atoms with Gasteiger partial charge in [0.05, 0.1) is 0 Å². The summed E-state index contributed by atoms with van der Waals surface area (Å²) in [7, 11) is 2.16. The lowest BCUT2D eigenvalue weighted by molar-refractivity contribution is 0.391. The highest BCUT2D eigenvalue weighted by Crippen LogP contribution is 2.20. The van der Waals surface area contributed by atoms with Gasteiger partial charge in [-0.15, -0.1) is 0 Å². The number of aryl methyl sites for hydroxylation is 1. The number of aromatic amines is 1. The van der Waals surface area contributed by atoms with Gasteiger partial charge in [0, 0.05) is 24.5 Å². The molecule has 1 saturated heterocycles. The van der Waals surface area contributed by atoms with Crippen LogP contribution in [0, 0.1) is 11.7 Å². The molecule has 1 atom stereocenters. The van der Waals surface area contributed by atoms with Crippen molar-refractivity contribution in [1.82, 2.24) is 14.5 Å². The third kappa shape index (κ3) is 1.69. The lowest BCUT2D eigenvalue weighted by Crippen LogP contribution is -2.16. The molecule has 13 heavy (non-hydrogen) atoms. The van der Waals surface area contributed by atoms with Gasteiger partial charge in [0.1, 0.15) is 0 Å². The minimum atomic E-state index is 0.572. The summed E-state index contributed by atoms with van der Waals surface area (Å²) in [6.07, 6.45) is 3.33. The summed E-state index contributed by atoms with van der Waals surface area (Å²) in [4.78, 5) is 5.50. The first-order valence-corrected chi connectivity index (χ1v) is 5.04. The van der Waals surface area contributed by atoms with E-state index >= 15 is 0 Å². The third-order valence-electron chi connectivity index (χ3n) is 2.63. The maximum atomic E-state index is 5.24. The highest BCUT2D eigenvalue weighted by atomic mass is 32.1. The molecule has 2 rings (SSSR count). The lowest BCUT2D eigenvalue weighted by Gasteiger charge is -2.11. The van der Waals surface area contributed by atoms with Crippen LogP contribution in [0.15, 0.2) is 6.20 Å². The van der Waals surface area contributed by atoms with Gasteiger partial charge in [0.25, 0.3) is 0 Å². The van der Waals surface area contributed by atoms with Crippen LogP contribution in [0.1, 0.15) is 18.2 Å². The Hall–Kier alpha value is -0.610. The number of nitrogens with zero attached hydrogens (tertiary/aromatic N) is 2. The largest absolute Gasteiger partial charge is 0.335 e. The molecule has 1 aliphatic heterocycles. The van der Waals surface area contributed by atoms with Crippen LogP contribution < -0.4 is 0 Å². The zero-order valence-electron chi connectivity index (χ0n) is 8.08. The monoisotopic (exact) mass is 197 g/mol. The molecule has 1 unspecified atom stereocenters. The Morgan fingerprint density at radius 3 is 2.85 bits per heavy atom. The molecular formula is C9H15N3S. The number of imidazole rings is 1. The van der Waals surface area contributed by atoms with Crippen LogP contribution in [0.5, 0.6) is 0 Å². The van der Waals surface area contributed by atoms with E-state index in [1.807, 2.05) is 6.92 Å². The van der Waals surface area contributed by atoms with Crippen molar-refractivity contribution in [3.63, 3.8) is 0 Å². The molecule has 1 aromatic rings. The van der Waals surface area contributed by atoms with Crippen LogP contribution in [0.4, 0.5) is 0 Å². The van der Waals surface area contributed by atoms with Gasteiger partial charge in [-0.25, -0.2) is 0 Å². The number of likely N-dealkylation sites (tertiary alicyclic amines) is 1. The van der Waals surface area contributed by atoms with Crippen molar-refractivity contribution in [2.45, 2.75) is 19.4 Å². The molecule has 0 bridgehead atoms. The predicted octanol–water partition coefficient (Wildman–Crippen LogP) is 1.73. The number of aromatic nitrogens is 2. The first kappa shape index (κ1) is 8.97. The Morgan fingerprint density at radius 1 is 1.62 bits per heavy atom. The Balaban J connectivity index is 2.26. The topological polar surface area (TPSA) is 24.0 Å². The highest BCUT2D eigenvalue weighted by Gasteiger charge is 2.21. The minimum absolute atomic E-state index is 0.572. The summed E-state index contributed by atoms with van der Waals surface area (Å²) in [6.45, 7) is 4.34. The highest BCUT2D eigenvalue weighted by molar-refractivity contribution is 7.71. The molecule has 1 fully saturated rings. The molecule has 0 saturated carbocycles. The first-order chi connectivity index (χ1) is 6.16. The molecule has 0 amide bonds. The Bertz CT molecular complexity index is 352. The molecule has 0 spiro atoms. The van der Waals surface area contributed by atoms with Crippen LogP contribution in [-0.4, -0.2) is 34.6 Å². The van der Waals surface area contributed by atoms with Crippen molar-refractivity contribution < 1.29 is 0 Å². The fraction of sp³-hybridized carbons (Fsp3) is 0.667. The van der Waals surface area contributed by atoms with Gasteiger partial charge in [-0.1, -0.05) is 0 Å². The summed E-state index contributed by atoms with van der Waals surface area (Å²) >= 11 is 5.24. The number of H-pyrrole nitrogens is 1. The molecule has 72 valence electrons. The average molecular weight is 197 g/mol. The van der Waals surface area contributed by atoms with Crippen molar-refractivity contribution in [3.05, 3.63) is 16.7 Å². The van der Waals surface area contributed by atoms with E-state index in [0.29, 0.717) is 6.04 Å².